The van der Waals surface area contributed by atoms with Gasteiger partial charge in [-0.2, -0.15) is 5.10 Å². The van der Waals surface area contributed by atoms with Crippen molar-refractivity contribution < 1.29 is 14.3 Å². The first-order valence-corrected chi connectivity index (χ1v) is 9.43. The van der Waals surface area contributed by atoms with E-state index in [4.69, 9.17) is 4.74 Å². The molecule has 0 saturated carbocycles. The summed E-state index contributed by atoms with van der Waals surface area (Å²) < 4.78 is 7.38. The number of fused-ring (bicyclic) bond motifs is 1. The van der Waals surface area contributed by atoms with Gasteiger partial charge in [0.2, 0.25) is 0 Å². The van der Waals surface area contributed by atoms with Gasteiger partial charge in [-0.1, -0.05) is 30.3 Å². The van der Waals surface area contributed by atoms with Crippen LogP contribution in [0.4, 0.5) is 11.4 Å². The molecule has 2 amide bonds. The minimum absolute atomic E-state index is 0.213. The summed E-state index contributed by atoms with van der Waals surface area (Å²) in [7, 11) is 0. The number of nitrogens with one attached hydrogen (secondary N) is 2. The molecule has 0 radical (unpaired) electrons. The highest BCUT2D eigenvalue weighted by molar-refractivity contribution is 6.06. The maximum absolute atomic E-state index is 12.9. The van der Waals surface area contributed by atoms with Gasteiger partial charge in [-0.05, 0) is 44.5 Å². The maximum Gasteiger partial charge on any atom is 0.265 e. The Labute approximate surface area is 168 Å². The van der Waals surface area contributed by atoms with E-state index in [0.717, 1.165) is 11.3 Å². The number of carbonyl (C=O) groups is 2. The predicted octanol–water partition coefficient (Wildman–Crippen LogP) is 3.52. The molecule has 0 spiro atoms. The monoisotopic (exact) mass is 390 g/mol. The summed E-state index contributed by atoms with van der Waals surface area (Å²) in [5, 5.41) is 10.2. The van der Waals surface area contributed by atoms with Crippen LogP contribution in [0.2, 0.25) is 0 Å². The molecule has 1 aromatic heterocycles. The molecule has 0 bridgehead atoms. The molecular formula is C22H22N4O3. The summed E-state index contributed by atoms with van der Waals surface area (Å²) in [6, 6.07) is 15.2. The number of rotatable bonds is 4. The van der Waals surface area contributed by atoms with Crippen molar-refractivity contribution in [2.24, 2.45) is 0 Å². The van der Waals surface area contributed by atoms with Crippen LogP contribution in [0, 0.1) is 13.8 Å². The third-order valence-electron chi connectivity index (χ3n) is 4.95. The Bertz CT molecular complexity index is 1090. The van der Waals surface area contributed by atoms with Crippen LogP contribution in [-0.4, -0.2) is 27.7 Å². The molecule has 1 aliphatic rings. The van der Waals surface area contributed by atoms with Gasteiger partial charge >= 0.3 is 0 Å². The molecule has 2 heterocycles. The Morgan fingerprint density at radius 2 is 1.97 bits per heavy atom. The van der Waals surface area contributed by atoms with E-state index >= 15 is 0 Å². The van der Waals surface area contributed by atoms with Gasteiger partial charge in [-0.15, -0.1) is 0 Å². The first-order valence-electron chi connectivity index (χ1n) is 9.43. The molecule has 4 rings (SSSR count). The first kappa shape index (κ1) is 18.7. The quantitative estimate of drug-likeness (QED) is 0.714. The van der Waals surface area contributed by atoms with E-state index in [1.54, 1.807) is 25.1 Å². The Morgan fingerprint density at radius 3 is 2.72 bits per heavy atom. The Kier molecular flexibility index (Phi) is 4.80. The molecule has 1 atom stereocenters. The molecule has 2 aromatic carbocycles. The number of hydrogen-bond donors (Lipinski definition) is 2. The Balaban J connectivity index is 1.55. The summed E-state index contributed by atoms with van der Waals surface area (Å²) in [5.41, 5.74) is 4.24. The van der Waals surface area contributed by atoms with Crippen molar-refractivity contribution in [3.8, 4) is 5.75 Å². The molecule has 2 N–H and O–H groups in total. The summed E-state index contributed by atoms with van der Waals surface area (Å²) in [5.74, 6) is 0.128. The van der Waals surface area contributed by atoms with Gasteiger partial charge in [0.15, 0.2) is 6.10 Å². The van der Waals surface area contributed by atoms with Crippen molar-refractivity contribution in [2.75, 3.05) is 10.6 Å². The van der Waals surface area contributed by atoms with E-state index in [0.29, 0.717) is 34.9 Å². The standard InChI is InChI=1S/C22H22N4O3/c1-13-20(14(2)26(25-13)12-16-7-5-4-6-8-16)22(28)23-17-9-10-19-18(11-17)24-21(27)15(3)29-19/h4-11,15H,12H2,1-3H3,(H,23,28)(H,24,27)/t15-/m1/s1. The van der Waals surface area contributed by atoms with Gasteiger partial charge in [-0.25, -0.2) is 0 Å². The molecule has 0 aliphatic carbocycles. The highest BCUT2D eigenvalue weighted by Gasteiger charge is 2.24. The van der Waals surface area contributed by atoms with E-state index in [1.165, 1.54) is 0 Å². The molecule has 7 nitrogen and oxygen atoms in total. The minimum atomic E-state index is -0.538. The Hall–Kier alpha value is -3.61. The highest BCUT2D eigenvalue weighted by atomic mass is 16.5. The van der Waals surface area contributed by atoms with E-state index < -0.39 is 6.10 Å². The maximum atomic E-state index is 12.9. The largest absolute Gasteiger partial charge is 0.479 e. The van der Waals surface area contributed by atoms with Gasteiger partial charge in [0.05, 0.1) is 23.5 Å². The normalized spacial score (nSPS) is 15.3. The number of benzene rings is 2. The average Bonchev–Trinajstić information content (AvgIpc) is 2.97. The van der Waals surface area contributed by atoms with Crippen LogP contribution in [0.15, 0.2) is 48.5 Å². The zero-order chi connectivity index (χ0) is 20.5. The lowest BCUT2D eigenvalue weighted by Gasteiger charge is -2.23. The summed E-state index contributed by atoms with van der Waals surface area (Å²) in [6.45, 7) is 6.00. The summed E-state index contributed by atoms with van der Waals surface area (Å²) in [4.78, 5) is 24.7. The van der Waals surface area contributed by atoms with E-state index in [2.05, 4.69) is 15.7 Å². The Morgan fingerprint density at radius 1 is 1.21 bits per heavy atom. The van der Waals surface area contributed by atoms with Crippen molar-refractivity contribution >= 4 is 23.2 Å². The fourth-order valence-electron chi connectivity index (χ4n) is 3.42. The van der Waals surface area contributed by atoms with E-state index in [1.807, 2.05) is 48.9 Å². The van der Waals surface area contributed by atoms with E-state index in [-0.39, 0.29) is 11.8 Å². The number of hydrogen-bond acceptors (Lipinski definition) is 4. The minimum Gasteiger partial charge on any atom is -0.479 e. The molecule has 29 heavy (non-hydrogen) atoms. The van der Waals surface area contributed by atoms with Gasteiger partial charge in [0.25, 0.3) is 11.8 Å². The molecule has 7 heteroatoms. The third kappa shape index (κ3) is 3.71. The van der Waals surface area contributed by atoms with Crippen LogP contribution in [0.25, 0.3) is 0 Å². The van der Waals surface area contributed by atoms with Gasteiger partial charge < -0.3 is 15.4 Å². The molecule has 148 valence electrons. The van der Waals surface area contributed by atoms with Crippen molar-refractivity contribution in [2.45, 2.75) is 33.4 Å². The lowest BCUT2D eigenvalue weighted by atomic mass is 10.1. The van der Waals surface area contributed by atoms with Gasteiger partial charge in [-0.3, -0.25) is 14.3 Å². The number of carbonyl (C=O) groups excluding carboxylic acids is 2. The van der Waals surface area contributed by atoms with Crippen LogP contribution in [0.5, 0.6) is 5.75 Å². The lowest BCUT2D eigenvalue weighted by molar-refractivity contribution is -0.122. The fourth-order valence-corrected chi connectivity index (χ4v) is 3.42. The second kappa shape index (κ2) is 7.43. The molecule has 3 aromatic rings. The zero-order valence-corrected chi connectivity index (χ0v) is 16.5. The lowest BCUT2D eigenvalue weighted by Crippen LogP contribution is -2.34. The van der Waals surface area contributed by atoms with Gasteiger partial charge in [0, 0.05) is 11.4 Å². The molecule has 1 aliphatic heterocycles. The molecule has 0 saturated heterocycles. The van der Waals surface area contributed by atoms with Crippen LogP contribution in [0.3, 0.4) is 0 Å². The molecule has 0 unspecified atom stereocenters. The van der Waals surface area contributed by atoms with Crippen LogP contribution < -0.4 is 15.4 Å². The summed E-state index contributed by atoms with van der Waals surface area (Å²) in [6.07, 6.45) is -0.538. The number of anilines is 2. The van der Waals surface area contributed by atoms with Crippen molar-refractivity contribution in [1.82, 2.24) is 9.78 Å². The average molecular weight is 390 g/mol. The number of aryl methyl sites for hydroxylation is 1. The second-order valence-corrected chi connectivity index (χ2v) is 7.10. The highest BCUT2D eigenvalue weighted by Crippen LogP contribution is 2.32. The number of ether oxygens (including phenoxy) is 1. The number of amides is 2. The zero-order valence-electron chi connectivity index (χ0n) is 16.5. The van der Waals surface area contributed by atoms with Crippen LogP contribution in [0.1, 0.15) is 34.2 Å². The van der Waals surface area contributed by atoms with Crippen LogP contribution >= 0.6 is 0 Å². The van der Waals surface area contributed by atoms with Crippen LogP contribution in [-0.2, 0) is 11.3 Å². The molecular weight excluding hydrogens is 368 g/mol. The fraction of sp³-hybridized carbons (Fsp3) is 0.227. The van der Waals surface area contributed by atoms with E-state index in [9.17, 15) is 9.59 Å². The second-order valence-electron chi connectivity index (χ2n) is 7.10. The molecule has 0 fully saturated rings. The summed E-state index contributed by atoms with van der Waals surface area (Å²) >= 11 is 0. The third-order valence-corrected chi connectivity index (χ3v) is 4.95. The van der Waals surface area contributed by atoms with Crippen molar-refractivity contribution in [1.29, 1.82) is 0 Å². The predicted molar refractivity (Wildman–Crippen MR) is 110 cm³/mol. The van der Waals surface area contributed by atoms with Crippen molar-refractivity contribution in [3.63, 3.8) is 0 Å². The van der Waals surface area contributed by atoms with Crippen molar-refractivity contribution in [3.05, 3.63) is 71.0 Å². The number of aromatic nitrogens is 2. The smallest absolute Gasteiger partial charge is 0.265 e. The van der Waals surface area contributed by atoms with Gasteiger partial charge in [0.1, 0.15) is 5.75 Å². The first-order chi connectivity index (χ1) is 13.9. The number of nitrogens with zero attached hydrogens (tertiary/aromatic N) is 2. The SMILES string of the molecule is Cc1nn(Cc2ccccc2)c(C)c1C(=O)Nc1ccc2c(c1)NC(=O)[C@@H](C)O2. The topological polar surface area (TPSA) is 85.3 Å².